The molecule has 1 N–H and O–H groups in total. The number of hydrogen-bond donors (Lipinski definition) is 1. The summed E-state index contributed by atoms with van der Waals surface area (Å²) in [6.07, 6.45) is 1.44. The van der Waals surface area contributed by atoms with Gasteiger partial charge >= 0.3 is 12.6 Å². The minimum atomic E-state index is -2.73. The molecular formula is C9H13F2N3O2. The number of halogens is 2. The maximum absolute atomic E-state index is 12.1. The van der Waals surface area contributed by atoms with Crippen molar-refractivity contribution in [2.45, 2.75) is 32.9 Å². The van der Waals surface area contributed by atoms with E-state index in [0.717, 1.165) is 12.4 Å². The Kier molecular flexibility index (Phi) is 3.46. The summed E-state index contributed by atoms with van der Waals surface area (Å²) in [4.78, 5) is 11.2. The molecule has 90 valence electrons. The Bertz CT molecular complexity index is 371. The lowest BCUT2D eigenvalue weighted by Crippen LogP contribution is -2.27. The molecule has 1 rings (SSSR count). The minimum Gasteiger partial charge on any atom is -0.444 e. The van der Waals surface area contributed by atoms with Gasteiger partial charge in [-0.05, 0) is 20.8 Å². The van der Waals surface area contributed by atoms with Crippen LogP contribution in [0.5, 0.6) is 0 Å². The molecule has 0 aromatic carbocycles. The van der Waals surface area contributed by atoms with E-state index in [1.54, 1.807) is 20.8 Å². The third kappa shape index (κ3) is 3.84. The number of ether oxygens (including phenoxy) is 1. The summed E-state index contributed by atoms with van der Waals surface area (Å²) in [5.74, 6) is 0. The number of anilines is 1. The molecule has 0 fully saturated rings. The van der Waals surface area contributed by atoms with Crippen LogP contribution in [-0.2, 0) is 4.74 Å². The van der Waals surface area contributed by atoms with Crippen molar-refractivity contribution in [1.82, 2.24) is 9.78 Å². The van der Waals surface area contributed by atoms with Crippen molar-refractivity contribution in [2.24, 2.45) is 0 Å². The van der Waals surface area contributed by atoms with Crippen LogP contribution in [0.1, 0.15) is 27.3 Å². The molecule has 0 radical (unpaired) electrons. The fraction of sp³-hybridized carbons (Fsp3) is 0.556. The number of aromatic nitrogens is 2. The van der Waals surface area contributed by atoms with Crippen LogP contribution in [0.2, 0.25) is 0 Å². The van der Waals surface area contributed by atoms with Gasteiger partial charge in [-0.25, -0.2) is 9.48 Å². The minimum absolute atomic E-state index is 0.162. The van der Waals surface area contributed by atoms with Crippen LogP contribution in [0.25, 0.3) is 0 Å². The Morgan fingerprint density at radius 1 is 1.56 bits per heavy atom. The number of alkyl halides is 2. The Balaban J connectivity index is 2.57. The zero-order valence-corrected chi connectivity index (χ0v) is 9.20. The molecule has 0 spiro atoms. The number of amides is 1. The molecule has 16 heavy (non-hydrogen) atoms. The second kappa shape index (κ2) is 4.46. The van der Waals surface area contributed by atoms with Crippen molar-refractivity contribution in [3.8, 4) is 0 Å². The molecule has 1 heterocycles. The van der Waals surface area contributed by atoms with E-state index in [0.29, 0.717) is 4.68 Å². The first kappa shape index (κ1) is 12.4. The summed E-state index contributed by atoms with van der Waals surface area (Å²) in [5.41, 5.74) is -0.474. The molecule has 0 unspecified atom stereocenters. The molecule has 1 aromatic rings. The molecule has 5 nitrogen and oxygen atoms in total. The number of nitrogens with one attached hydrogen (secondary N) is 1. The molecule has 0 bridgehead atoms. The van der Waals surface area contributed by atoms with Crippen molar-refractivity contribution in [3.05, 3.63) is 12.4 Å². The van der Waals surface area contributed by atoms with Gasteiger partial charge in [0.25, 0.3) is 0 Å². The normalized spacial score (nSPS) is 11.6. The third-order valence-corrected chi connectivity index (χ3v) is 1.45. The number of rotatable bonds is 2. The van der Waals surface area contributed by atoms with Gasteiger partial charge < -0.3 is 4.74 Å². The predicted molar refractivity (Wildman–Crippen MR) is 53.3 cm³/mol. The number of carbonyl (C=O) groups is 1. The maximum Gasteiger partial charge on any atom is 0.412 e. The van der Waals surface area contributed by atoms with Crippen molar-refractivity contribution in [3.63, 3.8) is 0 Å². The highest BCUT2D eigenvalue weighted by Crippen LogP contribution is 2.14. The molecule has 0 atom stereocenters. The summed E-state index contributed by atoms with van der Waals surface area (Å²) < 4.78 is 29.7. The molecule has 0 aliphatic heterocycles. The molecule has 7 heteroatoms. The molecule has 1 aromatic heterocycles. The SMILES string of the molecule is CC(C)(C)OC(=O)Nc1cnn(C(F)F)c1. The molecule has 1 amide bonds. The average molecular weight is 233 g/mol. The topological polar surface area (TPSA) is 56.1 Å². The van der Waals surface area contributed by atoms with E-state index in [9.17, 15) is 13.6 Å². The van der Waals surface area contributed by atoms with Crippen LogP contribution in [0, 0.1) is 0 Å². The van der Waals surface area contributed by atoms with E-state index in [1.807, 2.05) is 0 Å². The van der Waals surface area contributed by atoms with Crippen LogP contribution in [0.3, 0.4) is 0 Å². The van der Waals surface area contributed by atoms with E-state index < -0.39 is 18.2 Å². The highest BCUT2D eigenvalue weighted by atomic mass is 19.3. The first-order valence-corrected chi connectivity index (χ1v) is 4.60. The largest absolute Gasteiger partial charge is 0.444 e. The average Bonchev–Trinajstić information content (AvgIpc) is 2.48. The van der Waals surface area contributed by atoms with Crippen LogP contribution < -0.4 is 5.32 Å². The predicted octanol–water partition coefficient (Wildman–Crippen LogP) is 2.63. The first-order chi connectivity index (χ1) is 7.28. The van der Waals surface area contributed by atoms with Gasteiger partial charge in [0.1, 0.15) is 5.60 Å². The summed E-state index contributed by atoms with van der Waals surface area (Å²) >= 11 is 0. The van der Waals surface area contributed by atoms with Crippen molar-refractivity contribution >= 4 is 11.8 Å². The van der Waals surface area contributed by atoms with Crippen LogP contribution in [-0.4, -0.2) is 21.5 Å². The standard InChI is InChI=1S/C9H13F2N3O2/c1-9(2,3)16-8(15)13-6-4-12-14(5-6)7(10)11/h4-5,7H,1-3H3,(H,13,15). The fourth-order valence-corrected chi connectivity index (χ4v) is 0.931. The lowest BCUT2D eigenvalue weighted by molar-refractivity contribution is 0.0563. The van der Waals surface area contributed by atoms with Gasteiger partial charge in [0.15, 0.2) is 0 Å². The Morgan fingerprint density at radius 3 is 2.62 bits per heavy atom. The van der Waals surface area contributed by atoms with Crippen LogP contribution >= 0.6 is 0 Å². The van der Waals surface area contributed by atoms with Gasteiger partial charge in [-0.15, -0.1) is 0 Å². The second-order valence-electron chi connectivity index (χ2n) is 4.11. The summed E-state index contributed by atoms with van der Waals surface area (Å²) in [6, 6.07) is 0. The van der Waals surface area contributed by atoms with Gasteiger partial charge in [0.2, 0.25) is 0 Å². The zero-order valence-electron chi connectivity index (χ0n) is 9.20. The number of carbonyl (C=O) groups excluding carboxylic acids is 1. The van der Waals surface area contributed by atoms with Gasteiger partial charge in [-0.3, -0.25) is 5.32 Å². The first-order valence-electron chi connectivity index (χ1n) is 4.60. The maximum atomic E-state index is 12.1. The van der Waals surface area contributed by atoms with Crippen molar-refractivity contribution in [1.29, 1.82) is 0 Å². The van der Waals surface area contributed by atoms with Crippen molar-refractivity contribution < 1.29 is 18.3 Å². The number of nitrogens with zero attached hydrogens (tertiary/aromatic N) is 2. The van der Waals surface area contributed by atoms with Crippen LogP contribution in [0.4, 0.5) is 19.3 Å². The van der Waals surface area contributed by atoms with Gasteiger partial charge in [-0.2, -0.15) is 13.9 Å². The highest BCUT2D eigenvalue weighted by Gasteiger charge is 2.17. The Hall–Kier alpha value is -1.66. The lowest BCUT2D eigenvalue weighted by Gasteiger charge is -2.19. The molecule has 0 saturated carbocycles. The highest BCUT2D eigenvalue weighted by molar-refractivity contribution is 5.84. The second-order valence-corrected chi connectivity index (χ2v) is 4.11. The zero-order chi connectivity index (χ0) is 12.3. The lowest BCUT2D eigenvalue weighted by atomic mass is 10.2. The molecular weight excluding hydrogens is 220 g/mol. The van der Waals surface area contributed by atoms with Gasteiger partial charge in [0, 0.05) is 0 Å². The van der Waals surface area contributed by atoms with E-state index in [2.05, 4.69) is 10.4 Å². The van der Waals surface area contributed by atoms with Crippen LogP contribution in [0.15, 0.2) is 12.4 Å². The monoisotopic (exact) mass is 233 g/mol. The van der Waals surface area contributed by atoms with E-state index in [4.69, 9.17) is 4.74 Å². The third-order valence-electron chi connectivity index (χ3n) is 1.45. The molecule has 0 aliphatic rings. The van der Waals surface area contributed by atoms with E-state index in [-0.39, 0.29) is 5.69 Å². The van der Waals surface area contributed by atoms with E-state index in [1.165, 1.54) is 0 Å². The smallest absolute Gasteiger partial charge is 0.412 e. The van der Waals surface area contributed by atoms with Gasteiger partial charge in [0.05, 0.1) is 18.1 Å². The van der Waals surface area contributed by atoms with E-state index >= 15 is 0 Å². The fourth-order valence-electron chi connectivity index (χ4n) is 0.931. The number of hydrogen-bond acceptors (Lipinski definition) is 3. The Morgan fingerprint density at radius 2 is 2.19 bits per heavy atom. The summed E-state index contributed by atoms with van der Waals surface area (Å²) in [5, 5.41) is 5.66. The quantitative estimate of drug-likeness (QED) is 0.854. The molecule has 0 saturated heterocycles. The molecule has 0 aliphatic carbocycles. The Labute approximate surface area is 91.4 Å². The summed E-state index contributed by atoms with van der Waals surface area (Å²) in [6.45, 7) is 2.38. The van der Waals surface area contributed by atoms with Gasteiger partial charge in [-0.1, -0.05) is 0 Å². The van der Waals surface area contributed by atoms with Crippen molar-refractivity contribution in [2.75, 3.05) is 5.32 Å². The summed E-state index contributed by atoms with van der Waals surface area (Å²) in [7, 11) is 0.